The zero-order valence-corrected chi connectivity index (χ0v) is 14.5. The zero-order valence-electron chi connectivity index (χ0n) is 14.5. The van der Waals surface area contributed by atoms with Gasteiger partial charge >= 0.3 is 17.4 Å². The van der Waals surface area contributed by atoms with Gasteiger partial charge in [0.05, 0.1) is 7.11 Å². The van der Waals surface area contributed by atoms with E-state index >= 15 is 0 Å². The molecule has 3 aromatic rings. The number of methoxy groups -OCH3 is 1. The Morgan fingerprint density at radius 1 is 1.37 bits per heavy atom. The second-order valence-electron chi connectivity index (χ2n) is 5.56. The maximum atomic E-state index is 12.2. The maximum Gasteiger partial charge on any atom is 0.351 e. The van der Waals surface area contributed by atoms with Gasteiger partial charge in [-0.05, 0) is 29.2 Å². The predicted octanol–water partition coefficient (Wildman–Crippen LogP) is 2.07. The van der Waals surface area contributed by atoms with Crippen molar-refractivity contribution in [2.24, 2.45) is 0 Å². The van der Waals surface area contributed by atoms with Crippen molar-refractivity contribution in [3.63, 3.8) is 0 Å². The molecule has 0 atom stereocenters. The largest absolute Gasteiger partial charge is 0.497 e. The van der Waals surface area contributed by atoms with Gasteiger partial charge in [-0.3, -0.25) is 0 Å². The van der Waals surface area contributed by atoms with Crippen molar-refractivity contribution in [1.82, 2.24) is 9.55 Å². The molecule has 10 heteroatoms. The third-order valence-corrected chi connectivity index (χ3v) is 3.93. The number of esters is 1. The highest BCUT2D eigenvalue weighted by Crippen LogP contribution is 2.20. The molecule has 0 saturated carbocycles. The van der Waals surface area contributed by atoms with Crippen LogP contribution in [0.15, 0.2) is 39.7 Å². The summed E-state index contributed by atoms with van der Waals surface area (Å²) in [5, 5.41) is 11.4. The van der Waals surface area contributed by atoms with Crippen molar-refractivity contribution in [2.45, 2.75) is 13.5 Å². The Morgan fingerprint density at radius 2 is 2.15 bits per heavy atom. The SMILES string of the molecule is COc1ccc2oc(=O)c(C(=O)OCCn3c([N+](=O)[O-])cnc3C)cc2c1. The van der Waals surface area contributed by atoms with Crippen LogP contribution in [-0.4, -0.2) is 34.2 Å². The van der Waals surface area contributed by atoms with Crippen LogP contribution in [0.25, 0.3) is 11.0 Å². The van der Waals surface area contributed by atoms with Gasteiger partial charge in [-0.25, -0.2) is 19.1 Å². The molecule has 1 aromatic carbocycles. The number of carbonyl (C=O) groups excluding carboxylic acids is 1. The number of rotatable bonds is 6. The van der Waals surface area contributed by atoms with Gasteiger partial charge in [0.2, 0.25) is 0 Å². The average molecular weight is 373 g/mol. The summed E-state index contributed by atoms with van der Waals surface area (Å²) in [7, 11) is 1.49. The smallest absolute Gasteiger partial charge is 0.351 e. The monoisotopic (exact) mass is 373 g/mol. The Kier molecular flexibility index (Phi) is 4.88. The molecule has 0 unspecified atom stereocenters. The Morgan fingerprint density at radius 3 is 2.85 bits per heavy atom. The van der Waals surface area contributed by atoms with Gasteiger partial charge < -0.3 is 24.0 Å². The lowest BCUT2D eigenvalue weighted by Gasteiger charge is -2.06. The summed E-state index contributed by atoms with van der Waals surface area (Å²) in [6, 6.07) is 6.17. The van der Waals surface area contributed by atoms with Gasteiger partial charge in [-0.2, -0.15) is 0 Å². The summed E-state index contributed by atoms with van der Waals surface area (Å²) in [6.45, 7) is 1.45. The first-order valence-corrected chi connectivity index (χ1v) is 7.86. The van der Waals surface area contributed by atoms with E-state index < -0.39 is 16.5 Å². The lowest BCUT2D eigenvalue weighted by Crippen LogP contribution is -2.19. The van der Waals surface area contributed by atoms with Crippen LogP contribution < -0.4 is 10.4 Å². The number of nitrogens with zero attached hydrogens (tertiary/aromatic N) is 3. The van der Waals surface area contributed by atoms with Gasteiger partial charge in [0.1, 0.15) is 36.2 Å². The lowest BCUT2D eigenvalue weighted by molar-refractivity contribution is -0.392. The first kappa shape index (κ1) is 18.1. The second kappa shape index (κ2) is 7.28. The Hall–Kier alpha value is -3.69. The van der Waals surface area contributed by atoms with Crippen molar-refractivity contribution >= 4 is 22.8 Å². The molecule has 0 aliphatic carbocycles. The predicted molar refractivity (Wildman–Crippen MR) is 92.9 cm³/mol. The number of imidazole rings is 1. The third-order valence-electron chi connectivity index (χ3n) is 3.93. The van der Waals surface area contributed by atoms with Crippen LogP contribution >= 0.6 is 0 Å². The third kappa shape index (κ3) is 3.64. The molecule has 3 rings (SSSR count). The molecule has 0 bridgehead atoms. The molecule has 0 fully saturated rings. The highest BCUT2D eigenvalue weighted by molar-refractivity contribution is 5.93. The van der Waals surface area contributed by atoms with Crippen LogP contribution in [0.3, 0.4) is 0 Å². The van der Waals surface area contributed by atoms with Gasteiger partial charge in [-0.15, -0.1) is 0 Å². The molecule has 0 aliphatic rings. The van der Waals surface area contributed by atoms with Gasteiger partial charge in [0, 0.05) is 12.3 Å². The van der Waals surface area contributed by atoms with Gasteiger partial charge in [-0.1, -0.05) is 0 Å². The summed E-state index contributed by atoms with van der Waals surface area (Å²) in [5.41, 5.74) is -0.794. The van der Waals surface area contributed by atoms with Crippen LogP contribution in [0, 0.1) is 17.0 Å². The summed E-state index contributed by atoms with van der Waals surface area (Å²) in [4.78, 5) is 38.5. The number of aryl methyl sites for hydroxylation is 1. The van der Waals surface area contributed by atoms with Crippen molar-refractivity contribution in [2.75, 3.05) is 13.7 Å². The second-order valence-corrected chi connectivity index (χ2v) is 5.56. The molecule has 0 saturated heterocycles. The van der Waals surface area contributed by atoms with E-state index in [1.165, 1.54) is 17.7 Å². The Bertz CT molecular complexity index is 1080. The highest BCUT2D eigenvalue weighted by atomic mass is 16.6. The number of hydrogen-bond donors (Lipinski definition) is 0. The number of hydrogen-bond acceptors (Lipinski definition) is 8. The zero-order chi connectivity index (χ0) is 19.6. The van der Waals surface area contributed by atoms with E-state index in [-0.39, 0.29) is 24.5 Å². The topological polar surface area (TPSA) is 127 Å². The fourth-order valence-electron chi connectivity index (χ4n) is 2.56. The summed E-state index contributed by atoms with van der Waals surface area (Å²) >= 11 is 0. The number of nitro groups is 1. The average Bonchev–Trinajstić information content (AvgIpc) is 3.01. The first-order chi connectivity index (χ1) is 12.9. The van der Waals surface area contributed by atoms with Crippen LogP contribution in [-0.2, 0) is 11.3 Å². The van der Waals surface area contributed by atoms with Crippen LogP contribution in [0.1, 0.15) is 16.2 Å². The maximum absolute atomic E-state index is 12.2. The van der Waals surface area contributed by atoms with E-state index in [9.17, 15) is 19.7 Å². The molecule has 0 aliphatic heterocycles. The normalized spacial score (nSPS) is 10.7. The van der Waals surface area contributed by atoms with Crippen molar-refractivity contribution in [3.8, 4) is 5.75 Å². The van der Waals surface area contributed by atoms with E-state index in [4.69, 9.17) is 13.9 Å². The van der Waals surface area contributed by atoms with Crippen molar-refractivity contribution in [3.05, 3.63) is 62.4 Å². The first-order valence-electron chi connectivity index (χ1n) is 7.86. The molecular weight excluding hydrogens is 358 g/mol. The van der Waals surface area contributed by atoms with Crippen molar-refractivity contribution < 1.29 is 23.6 Å². The Balaban J connectivity index is 1.76. The number of ether oxygens (including phenoxy) is 2. The van der Waals surface area contributed by atoms with E-state index in [0.717, 1.165) is 6.20 Å². The quantitative estimate of drug-likeness (QED) is 0.278. The lowest BCUT2D eigenvalue weighted by atomic mass is 10.2. The molecule has 0 amide bonds. The molecular formula is C17H15N3O7. The number of aromatic nitrogens is 2. The standard InChI is InChI=1S/C17H15N3O7/c1-10-18-9-15(20(23)24)19(10)5-6-26-16(21)13-8-11-7-12(25-2)3-4-14(11)27-17(13)22/h3-4,7-9H,5-6H2,1-2H3. The molecule has 27 heavy (non-hydrogen) atoms. The summed E-state index contributed by atoms with van der Waals surface area (Å²) < 4.78 is 16.6. The summed E-state index contributed by atoms with van der Waals surface area (Å²) in [5.74, 6) is -0.136. The number of benzene rings is 1. The number of carbonyl (C=O) groups is 1. The van der Waals surface area contributed by atoms with E-state index in [0.29, 0.717) is 22.5 Å². The molecule has 0 N–H and O–H groups in total. The fourth-order valence-corrected chi connectivity index (χ4v) is 2.56. The van der Waals surface area contributed by atoms with E-state index in [2.05, 4.69) is 4.98 Å². The Labute approximate surface area is 152 Å². The molecule has 140 valence electrons. The minimum absolute atomic E-state index is 0.0284. The molecule has 2 aromatic heterocycles. The molecule has 10 nitrogen and oxygen atoms in total. The van der Waals surface area contributed by atoms with Crippen LogP contribution in [0.4, 0.5) is 5.82 Å². The minimum atomic E-state index is -0.881. The van der Waals surface area contributed by atoms with E-state index in [1.807, 2.05) is 0 Å². The van der Waals surface area contributed by atoms with Crippen molar-refractivity contribution in [1.29, 1.82) is 0 Å². The molecule has 0 radical (unpaired) electrons. The number of fused-ring (bicyclic) bond motifs is 1. The molecule has 0 spiro atoms. The van der Waals surface area contributed by atoms with E-state index in [1.54, 1.807) is 25.1 Å². The minimum Gasteiger partial charge on any atom is -0.497 e. The fraction of sp³-hybridized carbons (Fsp3) is 0.235. The molecule has 2 heterocycles. The van der Waals surface area contributed by atoms with Gasteiger partial charge in [0.25, 0.3) is 0 Å². The highest BCUT2D eigenvalue weighted by Gasteiger charge is 2.19. The van der Waals surface area contributed by atoms with Crippen LogP contribution in [0.5, 0.6) is 5.75 Å². The van der Waals surface area contributed by atoms with Crippen LogP contribution in [0.2, 0.25) is 0 Å². The van der Waals surface area contributed by atoms with Gasteiger partial charge in [0.15, 0.2) is 5.82 Å². The summed E-state index contributed by atoms with van der Waals surface area (Å²) in [6.07, 6.45) is 1.13.